The summed E-state index contributed by atoms with van der Waals surface area (Å²) in [5, 5.41) is 7.43. The number of amides is 1. The van der Waals surface area contributed by atoms with Gasteiger partial charge < -0.3 is 10.2 Å². The Labute approximate surface area is 215 Å². The van der Waals surface area contributed by atoms with E-state index in [0.29, 0.717) is 10.6 Å². The Morgan fingerprint density at radius 1 is 0.941 bits per heavy atom. The summed E-state index contributed by atoms with van der Waals surface area (Å²) < 4.78 is 0. The summed E-state index contributed by atoms with van der Waals surface area (Å²) in [5.74, 6) is -0.251. The van der Waals surface area contributed by atoms with Gasteiger partial charge in [0, 0.05) is 49.0 Å². The van der Waals surface area contributed by atoms with Gasteiger partial charge in [-0.15, -0.1) is 0 Å². The van der Waals surface area contributed by atoms with E-state index in [4.69, 9.17) is 35.4 Å². The molecule has 0 radical (unpaired) electrons. The second-order valence-corrected chi connectivity index (χ2v) is 9.52. The minimum Gasteiger partial charge on any atom is -0.368 e. The second kappa shape index (κ2) is 11.2. The fraction of sp³-hybridized carbons (Fsp3) is 0.231. The molecule has 1 aliphatic heterocycles. The summed E-state index contributed by atoms with van der Waals surface area (Å²) in [6, 6.07) is 21.1. The van der Waals surface area contributed by atoms with Gasteiger partial charge in [0.15, 0.2) is 5.11 Å². The van der Waals surface area contributed by atoms with Gasteiger partial charge in [-0.3, -0.25) is 15.0 Å². The lowest BCUT2D eigenvalue weighted by molar-refractivity contribution is 0.0977. The Kier molecular flexibility index (Phi) is 8.06. The monoisotopic (exact) mass is 512 g/mol. The van der Waals surface area contributed by atoms with Crippen molar-refractivity contribution in [1.82, 2.24) is 10.2 Å². The van der Waals surface area contributed by atoms with E-state index < -0.39 is 0 Å². The highest BCUT2D eigenvalue weighted by molar-refractivity contribution is 7.80. The average molecular weight is 513 g/mol. The molecule has 0 spiro atoms. The topological polar surface area (TPSA) is 47.6 Å². The van der Waals surface area contributed by atoms with Crippen LogP contribution in [0.5, 0.6) is 0 Å². The van der Waals surface area contributed by atoms with E-state index in [-0.39, 0.29) is 11.0 Å². The van der Waals surface area contributed by atoms with Crippen molar-refractivity contribution in [2.24, 2.45) is 0 Å². The van der Waals surface area contributed by atoms with Crippen molar-refractivity contribution in [2.45, 2.75) is 13.5 Å². The number of thiocarbonyl (C=S) groups is 1. The molecule has 0 saturated carbocycles. The van der Waals surface area contributed by atoms with Gasteiger partial charge >= 0.3 is 0 Å². The lowest BCUT2D eigenvalue weighted by Crippen LogP contribution is -2.46. The molecule has 0 atom stereocenters. The van der Waals surface area contributed by atoms with E-state index in [0.717, 1.165) is 60.2 Å². The van der Waals surface area contributed by atoms with Gasteiger partial charge in [0.25, 0.3) is 5.91 Å². The van der Waals surface area contributed by atoms with Crippen molar-refractivity contribution in [3.8, 4) is 0 Å². The molecule has 1 saturated heterocycles. The largest absolute Gasteiger partial charge is 0.368 e. The molecule has 34 heavy (non-hydrogen) atoms. The Bertz CT molecular complexity index is 1190. The zero-order chi connectivity index (χ0) is 24.1. The second-order valence-electron chi connectivity index (χ2n) is 8.30. The Morgan fingerprint density at radius 2 is 1.71 bits per heavy atom. The molecule has 8 heteroatoms. The van der Waals surface area contributed by atoms with Crippen molar-refractivity contribution >= 4 is 57.8 Å². The van der Waals surface area contributed by atoms with Crippen molar-refractivity contribution < 1.29 is 4.79 Å². The van der Waals surface area contributed by atoms with Crippen molar-refractivity contribution in [1.29, 1.82) is 0 Å². The van der Waals surface area contributed by atoms with E-state index in [1.54, 1.807) is 6.07 Å². The first-order chi connectivity index (χ1) is 16.4. The van der Waals surface area contributed by atoms with Gasteiger partial charge in [0.1, 0.15) is 0 Å². The summed E-state index contributed by atoms with van der Waals surface area (Å²) in [7, 11) is 0. The van der Waals surface area contributed by atoms with Gasteiger partial charge in [0.2, 0.25) is 0 Å². The van der Waals surface area contributed by atoms with Crippen LogP contribution in [0.1, 0.15) is 21.5 Å². The van der Waals surface area contributed by atoms with E-state index in [1.165, 1.54) is 0 Å². The van der Waals surface area contributed by atoms with Crippen LogP contribution in [0, 0.1) is 6.92 Å². The number of benzene rings is 3. The van der Waals surface area contributed by atoms with Crippen molar-refractivity contribution in [3.63, 3.8) is 0 Å². The van der Waals surface area contributed by atoms with E-state index >= 15 is 0 Å². The third-order valence-corrected chi connectivity index (χ3v) is 6.65. The zero-order valence-electron chi connectivity index (χ0n) is 18.9. The molecule has 0 aliphatic carbocycles. The van der Waals surface area contributed by atoms with Crippen LogP contribution in [0.3, 0.4) is 0 Å². The first kappa shape index (κ1) is 24.5. The zero-order valence-corrected chi connectivity index (χ0v) is 21.2. The summed E-state index contributed by atoms with van der Waals surface area (Å²) in [6.45, 7) is 6.39. The molecule has 1 fully saturated rings. The lowest BCUT2D eigenvalue weighted by Gasteiger charge is -2.36. The highest BCUT2D eigenvalue weighted by Gasteiger charge is 2.20. The number of aryl methyl sites for hydroxylation is 1. The molecular formula is C26H26Cl2N4OS. The maximum absolute atomic E-state index is 12.4. The maximum Gasteiger partial charge on any atom is 0.257 e. The number of carbonyl (C=O) groups is 1. The number of rotatable bonds is 5. The van der Waals surface area contributed by atoms with Gasteiger partial charge in [-0.2, -0.15) is 0 Å². The van der Waals surface area contributed by atoms with Gasteiger partial charge in [-0.1, -0.05) is 59.1 Å². The highest BCUT2D eigenvalue weighted by Crippen LogP contribution is 2.30. The molecule has 0 aromatic heterocycles. The quantitative estimate of drug-likeness (QED) is 0.426. The van der Waals surface area contributed by atoms with Crippen LogP contribution in [-0.2, 0) is 6.54 Å². The summed E-state index contributed by atoms with van der Waals surface area (Å²) in [5.41, 5.74) is 4.43. The average Bonchev–Trinajstić information content (AvgIpc) is 2.81. The number of nitrogens with one attached hydrogen (secondary N) is 2. The normalized spacial score (nSPS) is 14.0. The third kappa shape index (κ3) is 6.27. The maximum atomic E-state index is 12.4. The van der Waals surface area contributed by atoms with Crippen LogP contribution in [0.25, 0.3) is 0 Å². The summed E-state index contributed by atoms with van der Waals surface area (Å²) >= 11 is 18.2. The van der Waals surface area contributed by atoms with Crippen molar-refractivity contribution in [3.05, 3.63) is 93.5 Å². The van der Waals surface area contributed by atoms with Gasteiger partial charge in [-0.05, 0) is 61.1 Å². The predicted molar refractivity (Wildman–Crippen MR) is 145 cm³/mol. The number of hydrogen-bond donors (Lipinski definition) is 2. The standard InChI is InChI=1S/C26H26Cl2N4OS/c1-18-5-4-7-19(15-18)25(33)30-26(34)29-21-9-10-24(23(28)16-21)32-13-11-31(12-14-32)17-20-6-2-3-8-22(20)27/h2-10,15-16H,11-14,17H2,1H3,(H2,29,30,33,34). The smallest absolute Gasteiger partial charge is 0.257 e. The van der Waals surface area contributed by atoms with Gasteiger partial charge in [-0.25, -0.2) is 0 Å². The molecule has 2 N–H and O–H groups in total. The van der Waals surface area contributed by atoms with E-state index in [1.807, 2.05) is 61.5 Å². The Balaban J connectivity index is 1.31. The molecule has 176 valence electrons. The summed E-state index contributed by atoms with van der Waals surface area (Å²) in [4.78, 5) is 17.1. The molecule has 1 heterocycles. The molecule has 1 amide bonds. The highest BCUT2D eigenvalue weighted by atomic mass is 35.5. The number of carbonyl (C=O) groups excluding carboxylic acids is 1. The minimum atomic E-state index is -0.251. The van der Waals surface area contributed by atoms with Crippen molar-refractivity contribution in [2.75, 3.05) is 36.4 Å². The first-order valence-electron chi connectivity index (χ1n) is 11.1. The molecule has 3 aromatic carbocycles. The van der Waals surface area contributed by atoms with Crippen LogP contribution in [0.4, 0.5) is 11.4 Å². The number of anilines is 2. The number of nitrogens with zero attached hydrogens (tertiary/aromatic N) is 2. The van der Waals surface area contributed by atoms with Crippen LogP contribution in [0.15, 0.2) is 66.7 Å². The molecule has 0 bridgehead atoms. The molecule has 3 aromatic rings. The first-order valence-corrected chi connectivity index (χ1v) is 12.2. The fourth-order valence-corrected chi connectivity index (χ4v) is 4.69. The van der Waals surface area contributed by atoms with Crippen LogP contribution in [-0.4, -0.2) is 42.1 Å². The number of hydrogen-bond acceptors (Lipinski definition) is 4. The molecule has 5 nitrogen and oxygen atoms in total. The fourth-order valence-electron chi connectivity index (χ4n) is 3.98. The Hall–Kier alpha value is -2.64. The van der Waals surface area contributed by atoms with E-state index in [2.05, 4.69) is 26.5 Å². The molecule has 4 rings (SSSR count). The van der Waals surface area contributed by atoms with Gasteiger partial charge in [0.05, 0.1) is 10.7 Å². The molecular weight excluding hydrogens is 487 g/mol. The summed E-state index contributed by atoms with van der Waals surface area (Å²) in [6.07, 6.45) is 0. The third-order valence-electron chi connectivity index (χ3n) is 5.78. The molecule has 1 aliphatic rings. The molecule has 0 unspecified atom stereocenters. The van der Waals surface area contributed by atoms with Crippen LogP contribution in [0.2, 0.25) is 10.0 Å². The Morgan fingerprint density at radius 3 is 2.41 bits per heavy atom. The van der Waals surface area contributed by atoms with Crippen LogP contribution < -0.4 is 15.5 Å². The SMILES string of the molecule is Cc1cccc(C(=O)NC(=S)Nc2ccc(N3CCN(Cc4ccccc4Cl)CC3)c(Cl)c2)c1. The predicted octanol–water partition coefficient (Wildman–Crippen LogP) is 5.75. The van der Waals surface area contributed by atoms with E-state index in [9.17, 15) is 4.79 Å². The number of halogens is 2. The minimum absolute atomic E-state index is 0.225. The van der Waals surface area contributed by atoms with Crippen LogP contribution >= 0.6 is 35.4 Å². The lowest BCUT2D eigenvalue weighted by atomic mass is 10.1. The number of piperazine rings is 1.